The van der Waals surface area contributed by atoms with Gasteiger partial charge in [-0.05, 0) is 0 Å². The summed E-state index contributed by atoms with van der Waals surface area (Å²) in [4.78, 5) is 0. The summed E-state index contributed by atoms with van der Waals surface area (Å²) in [6, 6.07) is 0. The minimum absolute atomic E-state index is 0.0751. The minimum Gasteiger partial charge on any atom is -0.388 e. The van der Waals surface area contributed by atoms with Crippen molar-refractivity contribution >= 4 is 0 Å². The van der Waals surface area contributed by atoms with Gasteiger partial charge in [0.25, 0.3) is 0 Å². The molecule has 0 amide bonds. The predicted molar refractivity (Wildman–Crippen MR) is 44.6 cm³/mol. The monoisotopic (exact) mass is 222 g/mol. The summed E-state index contributed by atoms with van der Waals surface area (Å²) in [5, 5.41) is 36.7. The van der Waals surface area contributed by atoms with E-state index in [9.17, 15) is 10.2 Å². The number of aliphatic hydroxyl groups is 4. The molecule has 7 nitrogen and oxygen atoms in total. The second-order valence-electron chi connectivity index (χ2n) is 3.65. The summed E-state index contributed by atoms with van der Waals surface area (Å²) in [5.41, 5.74) is 0. The van der Waals surface area contributed by atoms with Crippen molar-refractivity contribution in [1.82, 2.24) is 0 Å². The van der Waals surface area contributed by atoms with Crippen molar-refractivity contribution in [3.63, 3.8) is 0 Å². The quantitative estimate of drug-likeness (QED) is 0.380. The van der Waals surface area contributed by atoms with E-state index in [2.05, 4.69) is 4.74 Å². The maximum atomic E-state index is 9.44. The summed E-state index contributed by atoms with van der Waals surface area (Å²) in [6.07, 6.45) is -5.91. The SMILES string of the molecule is O[C@@H]1[C@@H](O)[C@H](OC[C@@H]2O[C@H]2O)OC[C@H]1O. The number of hydrogen-bond acceptors (Lipinski definition) is 7. The topological polar surface area (TPSA) is 112 Å². The highest BCUT2D eigenvalue weighted by atomic mass is 16.7. The van der Waals surface area contributed by atoms with Crippen LogP contribution in [-0.4, -0.2) is 70.6 Å². The van der Waals surface area contributed by atoms with E-state index in [1.165, 1.54) is 0 Å². The lowest BCUT2D eigenvalue weighted by Gasteiger charge is -2.34. The Bertz CT molecular complexity index is 223. The molecule has 88 valence electrons. The molecule has 0 bridgehead atoms. The van der Waals surface area contributed by atoms with Crippen LogP contribution in [0.3, 0.4) is 0 Å². The average molecular weight is 222 g/mol. The van der Waals surface area contributed by atoms with Gasteiger partial charge in [-0.25, -0.2) is 0 Å². The molecule has 4 N–H and O–H groups in total. The van der Waals surface area contributed by atoms with Crippen molar-refractivity contribution in [2.24, 2.45) is 0 Å². The van der Waals surface area contributed by atoms with Gasteiger partial charge in [-0.3, -0.25) is 0 Å². The Morgan fingerprint density at radius 3 is 2.40 bits per heavy atom. The molecule has 0 aromatic carbocycles. The van der Waals surface area contributed by atoms with Gasteiger partial charge in [-0.2, -0.15) is 0 Å². The summed E-state index contributed by atoms with van der Waals surface area (Å²) >= 11 is 0. The maximum Gasteiger partial charge on any atom is 0.186 e. The third-order valence-electron chi connectivity index (χ3n) is 2.43. The molecule has 2 heterocycles. The molecule has 0 radical (unpaired) electrons. The fourth-order valence-electron chi connectivity index (χ4n) is 1.37. The second kappa shape index (κ2) is 4.30. The molecule has 2 aliphatic rings. The molecular formula is C8H14O7. The van der Waals surface area contributed by atoms with Crippen LogP contribution in [0.5, 0.6) is 0 Å². The third kappa shape index (κ3) is 2.45. The molecule has 0 saturated carbocycles. The summed E-state index contributed by atoms with van der Waals surface area (Å²) < 4.78 is 14.7. The minimum atomic E-state index is -1.30. The van der Waals surface area contributed by atoms with Crippen molar-refractivity contribution in [2.75, 3.05) is 13.2 Å². The van der Waals surface area contributed by atoms with E-state index in [1.54, 1.807) is 0 Å². The van der Waals surface area contributed by atoms with Gasteiger partial charge in [0.05, 0.1) is 13.2 Å². The normalized spacial score (nSPS) is 50.4. The molecule has 0 aromatic rings. The maximum absolute atomic E-state index is 9.44. The first-order chi connectivity index (χ1) is 7.09. The van der Waals surface area contributed by atoms with Crippen molar-refractivity contribution in [1.29, 1.82) is 0 Å². The zero-order valence-electron chi connectivity index (χ0n) is 7.89. The van der Waals surface area contributed by atoms with E-state index in [1.807, 2.05) is 0 Å². The third-order valence-corrected chi connectivity index (χ3v) is 2.43. The van der Waals surface area contributed by atoms with Crippen LogP contribution in [0.4, 0.5) is 0 Å². The van der Waals surface area contributed by atoms with E-state index < -0.39 is 37.0 Å². The molecule has 0 spiro atoms. The first-order valence-corrected chi connectivity index (χ1v) is 4.70. The summed E-state index contributed by atoms with van der Waals surface area (Å²) in [6.45, 7) is -0.0251. The first-order valence-electron chi connectivity index (χ1n) is 4.70. The van der Waals surface area contributed by atoms with Gasteiger partial charge < -0.3 is 34.6 Å². The van der Waals surface area contributed by atoms with Crippen LogP contribution in [0.25, 0.3) is 0 Å². The highest BCUT2D eigenvalue weighted by molar-refractivity contribution is 4.83. The fourth-order valence-corrected chi connectivity index (χ4v) is 1.37. The first kappa shape index (κ1) is 11.2. The van der Waals surface area contributed by atoms with Crippen LogP contribution in [0.15, 0.2) is 0 Å². The fraction of sp³-hybridized carbons (Fsp3) is 1.00. The van der Waals surface area contributed by atoms with Gasteiger partial charge in [-0.1, -0.05) is 0 Å². The van der Waals surface area contributed by atoms with Crippen LogP contribution in [0.1, 0.15) is 0 Å². The van der Waals surface area contributed by atoms with Crippen LogP contribution in [-0.2, 0) is 14.2 Å². The molecule has 2 fully saturated rings. The molecule has 0 aromatic heterocycles. The molecular weight excluding hydrogens is 208 g/mol. The van der Waals surface area contributed by atoms with E-state index >= 15 is 0 Å². The number of ether oxygens (including phenoxy) is 3. The zero-order valence-corrected chi connectivity index (χ0v) is 7.89. The molecule has 2 rings (SSSR count). The number of aliphatic hydroxyl groups excluding tert-OH is 4. The van der Waals surface area contributed by atoms with Crippen molar-refractivity contribution in [3.8, 4) is 0 Å². The summed E-state index contributed by atoms with van der Waals surface area (Å²) in [5.74, 6) is 0. The van der Waals surface area contributed by atoms with E-state index in [0.29, 0.717) is 0 Å². The van der Waals surface area contributed by atoms with Crippen LogP contribution in [0.2, 0.25) is 0 Å². The van der Waals surface area contributed by atoms with Crippen molar-refractivity contribution < 1.29 is 34.6 Å². The van der Waals surface area contributed by atoms with Gasteiger partial charge in [0, 0.05) is 0 Å². The molecule has 6 atom stereocenters. The van der Waals surface area contributed by atoms with Gasteiger partial charge in [0.2, 0.25) is 0 Å². The second-order valence-corrected chi connectivity index (χ2v) is 3.65. The highest BCUT2D eigenvalue weighted by Crippen LogP contribution is 2.22. The lowest BCUT2D eigenvalue weighted by molar-refractivity contribution is -0.270. The lowest BCUT2D eigenvalue weighted by Crippen LogP contribution is -2.53. The molecule has 15 heavy (non-hydrogen) atoms. The Morgan fingerprint density at radius 2 is 1.80 bits per heavy atom. The van der Waals surface area contributed by atoms with Crippen LogP contribution in [0, 0.1) is 0 Å². The highest BCUT2D eigenvalue weighted by Gasteiger charge is 2.42. The largest absolute Gasteiger partial charge is 0.388 e. The molecule has 0 unspecified atom stereocenters. The zero-order chi connectivity index (χ0) is 11.0. The number of epoxide rings is 1. The van der Waals surface area contributed by atoms with Gasteiger partial charge >= 0.3 is 0 Å². The van der Waals surface area contributed by atoms with E-state index in [4.69, 9.17) is 19.7 Å². The lowest BCUT2D eigenvalue weighted by atomic mass is 10.1. The predicted octanol–water partition coefficient (Wildman–Crippen LogP) is -2.84. The van der Waals surface area contributed by atoms with Crippen molar-refractivity contribution in [2.45, 2.75) is 37.0 Å². The standard InChI is InChI=1S/C8H14O7/c9-3-1-13-8(6(11)5(3)10)14-2-4-7(12)15-4/h3-12H,1-2H2/t3-,4+,5+,6-,7-,8+/m1/s1. The Morgan fingerprint density at radius 1 is 1.13 bits per heavy atom. The Kier molecular flexibility index (Phi) is 3.21. The van der Waals surface area contributed by atoms with Crippen LogP contribution >= 0.6 is 0 Å². The Hall–Kier alpha value is -0.280. The van der Waals surface area contributed by atoms with Gasteiger partial charge in [-0.15, -0.1) is 0 Å². The number of rotatable bonds is 3. The van der Waals surface area contributed by atoms with Crippen LogP contribution < -0.4 is 0 Å². The Labute approximate surface area is 85.8 Å². The molecule has 0 aliphatic carbocycles. The van der Waals surface area contributed by atoms with Gasteiger partial charge in [0.15, 0.2) is 12.6 Å². The summed E-state index contributed by atoms with van der Waals surface area (Å²) in [7, 11) is 0. The van der Waals surface area contributed by atoms with Crippen molar-refractivity contribution in [3.05, 3.63) is 0 Å². The van der Waals surface area contributed by atoms with E-state index in [-0.39, 0.29) is 13.2 Å². The van der Waals surface area contributed by atoms with Gasteiger partial charge in [0.1, 0.15) is 24.4 Å². The smallest absolute Gasteiger partial charge is 0.186 e. The molecule has 7 heteroatoms. The average Bonchev–Trinajstić information content (AvgIpc) is 2.90. The van der Waals surface area contributed by atoms with E-state index in [0.717, 1.165) is 0 Å². The number of hydrogen-bond donors (Lipinski definition) is 4. The molecule has 2 saturated heterocycles. The molecule has 2 aliphatic heterocycles. The Balaban J connectivity index is 1.76.